The quantitative estimate of drug-likeness (QED) is 0.585. The third kappa shape index (κ3) is 4.16. The number of guanidine groups is 1. The highest BCUT2D eigenvalue weighted by atomic mass is 16.5. The monoisotopic (exact) mass is 301 g/mol. The van der Waals surface area contributed by atoms with Gasteiger partial charge < -0.3 is 16.2 Å². The number of benzene rings is 1. The molecule has 7 nitrogen and oxygen atoms in total. The molecule has 1 aromatic carbocycles. The molecular formula is C15H19N5O2. The van der Waals surface area contributed by atoms with E-state index in [9.17, 15) is 4.79 Å². The normalized spacial score (nSPS) is 10.4. The van der Waals surface area contributed by atoms with Gasteiger partial charge in [0.15, 0.2) is 5.96 Å². The van der Waals surface area contributed by atoms with Gasteiger partial charge in [-0.25, -0.2) is 9.67 Å². The average molecular weight is 301 g/mol. The Labute approximate surface area is 128 Å². The molecule has 2 aromatic rings. The lowest BCUT2D eigenvalue weighted by atomic mass is 10.1. The van der Waals surface area contributed by atoms with Crippen LogP contribution in [-0.2, 0) is 24.4 Å². The standard InChI is InChI=1S/C15H19N5O2/c1-22-10-12-4-2-11(3-5-12)9-20-14(21)13(6-7-19-20)8-18-15(16)17/h2-7H,8-10H2,1H3,(H4,16,17,18). The second-order valence-electron chi connectivity index (χ2n) is 4.81. The van der Waals surface area contributed by atoms with Crippen molar-refractivity contribution in [3.63, 3.8) is 0 Å². The van der Waals surface area contributed by atoms with Crippen LogP contribution in [0.25, 0.3) is 0 Å². The van der Waals surface area contributed by atoms with Crippen molar-refractivity contribution < 1.29 is 4.74 Å². The minimum atomic E-state index is -0.200. The molecule has 0 aliphatic rings. The van der Waals surface area contributed by atoms with Crippen LogP contribution in [0.2, 0.25) is 0 Å². The first-order valence-corrected chi connectivity index (χ1v) is 6.77. The molecule has 1 aromatic heterocycles. The fourth-order valence-electron chi connectivity index (χ4n) is 1.98. The smallest absolute Gasteiger partial charge is 0.272 e. The molecule has 0 spiro atoms. The molecule has 0 aliphatic heterocycles. The van der Waals surface area contributed by atoms with Crippen LogP contribution in [0.4, 0.5) is 0 Å². The van der Waals surface area contributed by atoms with Crippen molar-refractivity contribution in [3.8, 4) is 0 Å². The van der Waals surface area contributed by atoms with Gasteiger partial charge in [-0.2, -0.15) is 5.10 Å². The van der Waals surface area contributed by atoms with Gasteiger partial charge in [0.1, 0.15) is 0 Å². The Morgan fingerprint density at radius 3 is 2.55 bits per heavy atom. The molecule has 0 unspecified atom stereocenters. The third-order valence-corrected chi connectivity index (χ3v) is 3.09. The van der Waals surface area contributed by atoms with Crippen LogP contribution in [0.5, 0.6) is 0 Å². The lowest BCUT2D eigenvalue weighted by molar-refractivity contribution is 0.185. The first kappa shape index (κ1) is 15.7. The number of ether oxygens (including phenoxy) is 1. The third-order valence-electron chi connectivity index (χ3n) is 3.09. The van der Waals surface area contributed by atoms with Gasteiger partial charge in [0.2, 0.25) is 0 Å². The zero-order chi connectivity index (χ0) is 15.9. The zero-order valence-electron chi connectivity index (χ0n) is 12.4. The van der Waals surface area contributed by atoms with Crippen molar-refractivity contribution >= 4 is 5.96 Å². The first-order valence-electron chi connectivity index (χ1n) is 6.77. The highest BCUT2D eigenvalue weighted by molar-refractivity contribution is 5.75. The van der Waals surface area contributed by atoms with Crippen LogP contribution in [-0.4, -0.2) is 22.8 Å². The number of aromatic nitrogens is 2. The summed E-state index contributed by atoms with van der Waals surface area (Å²) in [6.45, 7) is 1.10. The van der Waals surface area contributed by atoms with Crippen molar-refractivity contribution in [2.45, 2.75) is 19.7 Å². The second kappa shape index (κ2) is 7.37. The van der Waals surface area contributed by atoms with E-state index in [-0.39, 0.29) is 18.1 Å². The largest absolute Gasteiger partial charge is 0.380 e. The number of hydrogen-bond acceptors (Lipinski definition) is 4. The summed E-state index contributed by atoms with van der Waals surface area (Å²) in [4.78, 5) is 16.1. The Bertz CT molecular complexity index is 703. The molecule has 116 valence electrons. The van der Waals surface area contributed by atoms with E-state index in [1.165, 1.54) is 4.68 Å². The summed E-state index contributed by atoms with van der Waals surface area (Å²) in [7, 11) is 1.65. The Morgan fingerprint density at radius 1 is 1.23 bits per heavy atom. The van der Waals surface area contributed by atoms with Crippen LogP contribution >= 0.6 is 0 Å². The van der Waals surface area contributed by atoms with Crippen molar-refractivity contribution in [3.05, 3.63) is 63.6 Å². The molecule has 1 heterocycles. The van der Waals surface area contributed by atoms with Gasteiger partial charge in [-0.3, -0.25) is 4.79 Å². The lowest BCUT2D eigenvalue weighted by Gasteiger charge is -2.07. The summed E-state index contributed by atoms with van der Waals surface area (Å²) < 4.78 is 6.46. The second-order valence-corrected chi connectivity index (χ2v) is 4.81. The van der Waals surface area contributed by atoms with Crippen LogP contribution in [0, 0.1) is 0 Å². The van der Waals surface area contributed by atoms with Gasteiger partial charge in [0.25, 0.3) is 5.56 Å². The van der Waals surface area contributed by atoms with Crippen molar-refractivity contribution in [2.75, 3.05) is 7.11 Å². The molecular weight excluding hydrogens is 282 g/mol. The molecule has 22 heavy (non-hydrogen) atoms. The van der Waals surface area contributed by atoms with Gasteiger partial charge in [-0.1, -0.05) is 24.3 Å². The van der Waals surface area contributed by atoms with E-state index in [0.717, 1.165) is 11.1 Å². The van der Waals surface area contributed by atoms with Gasteiger partial charge in [0, 0.05) is 18.9 Å². The van der Waals surface area contributed by atoms with E-state index in [2.05, 4.69) is 10.1 Å². The number of hydrogen-bond donors (Lipinski definition) is 2. The Kier molecular flexibility index (Phi) is 5.26. The minimum absolute atomic E-state index is 0.0449. The maximum atomic E-state index is 12.3. The highest BCUT2D eigenvalue weighted by Gasteiger charge is 2.05. The van der Waals surface area contributed by atoms with Gasteiger partial charge in [-0.15, -0.1) is 0 Å². The van der Waals surface area contributed by atoms with E-state index in [0.29, 0.717) is 18.7 Å². The SMILES string of the molecule is COCc1ccc(Cn2nccc(CN=C(N)N)c2=O)cc1. The molecule has 0 fully saturated rings. The number of nitrogens with two attached hydrogens (primary N) is 2. The summed E-state index contributed by atoms with van der Waals surface area (Å²) in [6.07, 6.45) is 1.57. The molecule has 2 rings (SSSR count). The average Bonchev–Trinajstić information content (AvgIpc) is 2.50. The number of nitrogens with zero attached hydrogens (tertiary/aromatic N) is 3. The van der Waals surface area contributed by atoms with Crippen molar-refractivity contribution in [2.24, 2.45) is 16.5 Å². The zero-order valence-corrected chi connectivity index (χ0v) is 12.4. The maximum absolute atomic E-state index is 12.3. The van der Waals surface area contributed by atoms with E-state index in [1.807, 2.05) is 24.3 Å². The first-order chi connectivity index (χ1) is 10.6. The predicted octanol–water partition coefficient (Wildman–Crippen LogP) is 0.211. The fourth-order valence-corrected chi connectivity index (χ4v) is 1.98. The Hall–Kier alpha value is -2.67. The van der Waals surface area contributed by atoms with Crippen LogP contribution in [0.3, 0.4) is 0 Å². The minimum Gasteiger partial charge on any atom is -0.380 e. The summed E-state index contributed by atoms with van der Waals surface area (Å²) >= 11 is 0. The topological polar surface area (TPSA) is 109 Å². The molecule has 0 saturated carbocycles. The van der Waals surface area contributed by atoms with Gasteiger partial charge in [-0.05, 0) is 17.2 Å². The molecule has 4 N–H and O–H groups in total. The molecule has 7 heteroatoms. The Balaban J connectivity index is 2.17. The van der Waals surface area contributed by atoms with Gasteiger partial charge in [0.05, 0.1) is 19.7 Å². The maximum Gasteiger partial charge on any atom is 0.272 e. The van der Waals surface area contributed by atoms with E-state index in [4.69, 9.17) is 16.2 Å². The molecule has 0 atom stereocenters. The number of methoxy groups -OCH3 is 1. The van der Waals surface area contributed by atoms with E-state index >= 15 is 0 Å². The Morgan fingerprint density at radius 2 is 1.91 bits per heavy atom. The van der Waals surface area contributed by atoms with Crippen molar-refractivity contribution in [1.82, 2.24) is 9.78 Å². The van der Waals surface area contributed by atoms with Crippen LogP contribution in [0.1, 0.15) is 16.7 Å². The fraction of sp³-hybridized carbons (Fsp3) is 0.267. The lowest BCUT2D eigenvalue weighted by Crippen LogP contribution is -2.27. The summed E-state index contributed by atoms with van der Waals surface area (Å²) in [5.74, 6) is -0.0449. The molecule has 0 amide bonds. The predicted molar refractivity (Wildman–Crippen MR) is 84.3 cm³/mol. The van der Waals surface area contributed by atoms with Crippen molar-refractivity contribution in [1.29, 1.82) is 0 Å². The van der Waals surface area contributed by atoms with E-state index < -0.39 is 0 Å². The number of aliphatic imine (C=N–C) groups is 1. The number of rotatable bonds is 6. The summed E-state index contributed by atoms with van der Waals surface area (Å²) in [5, 5.41) is 4.09. The molecule has 0 bridgehead atoms. The summed E-state index contributed by atoms with van der Waals surface area (Å²) in [5.41, 5.74) is 12.9. The molecule has 0 aliphatic carbocycles. The van der Waals surface area contributed by atoms with Crippen LogP contribution in [0.15, 0.2) is 46.3 Å². The highest BCUT2D eigenvalue weighted by Crippen LogP contribution is 2.06. The molecule has 0 radical (unpaired) electrons. The van der Waals surface area contributed by atoms with Gasteiger partial charge >= 0.3 is 0 Å². The van der Waals surface area contributed by atoms with E-state index in [1.54, 1.807) is 19.4 Å². The van der Waals surface area contributed by atoms with Crippen LogP contribution < -0.4 is 17.0 Å². The summed E-state index contributed by atoms with van der Waals surface area (Å²) in [6, 6.07) is 9.45. The molecule has 0 saturated heterocycles.